The van der Waals surface area contributed by atoms with E-state index in [1.54, 1.807) is 0 Å². The van der Waals surface area contributed by atoms with E-state index in [4.69, 9.17) is 0 Å². The van der Waals surface area contributed by atoms with E-state index in [0.717, 1.165) is 35.5 Å². The van der Waals surface area contributed by atoms with Gasteiger partial charge in [-0.05, 0) is 98.2 Å². The highest BCUT2D eigenvalue weighted by Crippen LogP contribution is 2.69. The number of rotatable bonds is 3. The lowest BCUT2D eigenvalue weighted by molar-refractivity contribution is -0.0940. The zero-order valence-corrected chi connectivity index (χ0v) is 18.3. The average molecular weight is 357 g/mol. The predicted molar refractivity (Wildman–Crippen MR) is 113 cm³/mol. The van der Waals surface area contributed by atoms with Crippen LogP contribution in [0.4, 0.5) is 0 Å². The largest absolute Gasteiger partial charge is 0.0881 e. The standard InChI is InChI=1S/C26H44/c1-6-10-18(3)21-12-13-23-20-17-19(7-2)22-11-8-9-15-25(22,4)24(20)14-16-26(21,23)5/h7,18,20-24H,6,8-17H2,1-5H3/b19-7-/t18-,20?,21?,22?,23?,24?,25?,26?/m1/s1. The Morgan fingerprint density at radius 1 is 1.00 bits per heavy atom. The molecule has 0 spiro atoms. The van der Waals surface area contributed by atoms with E-state index < -0.39 is 0 Å². The van der Waals surface area contributed by atoms with Gasteiger partial charge in [0.1, 0.15) is 0 Å². The monoisotopic (exact) mass is 356 g/mol. The lowest BCUT2D eigenvalue weighted by atomic mass is 9.43. The predicted octanol–water partition coefficient (Wildman–Crippen LogP) is 8.03. The molecule has 0 N–H and O–H groups in total. The fraction of sp³-hybridized carbons (Fsp3) is 0.923. The van der Waals surface area contributed by atoms with E-state index in [-0.39, 0.29) is 0 Å². The summed E-state index contributed by atoms with van der Waals surface area (Å²) in [5, 5.41) is 0. The Bertz CT molecular complexity index is 544. The van der Waals surface area contributed by atoms with Crippen LogP contribution in [0.2, 0.25) is 0 Å². The van der Waals surface area contributed by atoms with Gasteiger partial charge in [-0.3, -0.25) is 0 Å². The molecule has 0 aliphatic heterocycles. The molecule has 26 heavy (non-hydrogen) atoms. The fourth-order valence-electron chi connectivity index (χ4n) is 9.17. The Hall–Kier alpha value is -0.260. The molecule has 0 radical (unpaired) electrons. The molecular weight excluding hydrogens is 312 g/mol. The molecule has 4 rings (SSSR count). The fourth-order valence-corrected chi connectivity index (χ4v) is 9.17. The highest BCUT2D eigenvalue weighted by atomic mass is 14.6. The first kappa shape index (κ1) is 19.1. The molecule has 4 aliphatic rings. The molecule has 4 aliphatic carbocycles. The van der Waals surface area contributed by atoms with Crippen LogP contribution in [-0.2, 0) is 0 Å². The Kier molecular flexibility index (Phi) is 5.11. The van der Waals surface area contributed by atoms with Crippen LogP contribution in [0.5, 0.6) is 0 Å². The lowest BCUT2D eigenvalue weighted by Gasteiger charge is -2.61. The molecule has 0 aromatic rings. The van der Waals surface area contributed by atoms with E-state index in [1.807, 2.05) is 5.57 Å². The maximum atomic E-state index is 2.72. The van der Waals surface area contributed by atoms with Crippen LogP contribution in [0.1, 0.15) is 105 Å². The van der Waals surface area contributed by atoms with Crippen molar-refractivity contribution in [2.24, 2.45) is 46.3 Å². The maximum absolute atomic E-state index is 2.72. The lowest BCUT2D eigenvalue weighted by Crippen LogP contribution is -2.53. The van der Waals surface area contributed by atoms with Crippen LogP contribution < -0.4 is 0 Å². The second-order valence-electron chi connectivity index (χ2n) is 11.2. The summed E-state index contributed by atoms with van der Waals surface area (Å²) in [5.41, 5.74) is 3.13. The van der Waals surface area contributed by atoms with Gasteiger partial charge in [0, 0.05) is 0 Å². The van der Waals surface area contributed by atoms with E-state index in [9.17, 15) is 0 Å². The number of allylic oxidation sites excluding steroid dienone is 2. The molecule has 148 valence electrons. The Labute approximate surface area is 163 Å². The average Bonchev–Trinajstić information content (AvgIpc) is 2.98. The van der Waals surface area contributed by atoms with Crippen LogP contribution >= 0.6 is 0 Å². The molecule has 0 heteroatoms. The number of hydrogen-bond donors (Lipinski definition) is 0. The number of fused-ring (bicyclic) bond motifs is 5. The van der Waals surface area contributed by atoms with Gasteiger partial charge >= 0.3 is 0 Å². The minimum atomic E-state index is 0.622. The molecule has 0 amide bonds. The first-order chi connectivity index (χ1) is 12.5. The van der Waals surface area contributed by atoms with Crippen molar-refractivity contribution >= 4 is 0 Å². The van der Waals surface area contributed by atoms with Gasteiger partial charge in [0.2, 0.25) is 0 Å². The zero-order valence-electron chi connectivity index (χ0n) is 18.3. The quantitative estimate of drug-likeness (QED) is 0.449. The van der Waals surface area contributed by atoms with Crippen LogP contribution in [0.3, 0.4) is 0 Å². The van der Waals surface area contributed by atoms with Gasteiger partial charge in [0.15, 0.2) is 0 Å². The Morgan fingerprint density at radius 2 is 1.77 bits per heavy atom. The van der Waals surface area contributed by atoms with Gasteiger partial charge in [-0.15, -0.1) is 0 Å². The van der Waals surface area contributed by atoms with Gasteiger partial charge in [-0.1, -0.05) is 65.0 Å². The summed E-state index contributed by atoms with van der Waals surface area (Å²) in [7, 11) is 0. The van der Waals surface area contributed by atoms with Crippen molar-refractivity contribution in [2.45, 2.75) is 105 Å². The summed E-state index contributed by atoms with van der Waals surface area (Å²) in [6, 6.07) is 0. The molecular formula is C26H44. The molecule has 0 saturated heterocycles. The van der Waals surface area contributed by atoms with E-state index in [1.165, 1.54) is 70.6 Å². The highest BCUT2D eigenvalue weighted by molar-refractivity contribution is 5.21. The highest BCUT2D eigenvalue weighted by Gasteiger charge is 2.60. The third-order valence-electron chi connectivity index (χ3n) is 10.3. The summed E-state index contributed by atoms with van der Waals surface area (Å²) in [4.78, 5) is 0. The topological polar surface area (TPSA) is 0 Å². The van der Waals surface area contributed by atoms with Crippen molar-refractivity contribution in [1.82, 2.24) is 0 Å². The van der Waals surface area contributed by atoms with Crippen molar-refractivity contribution in [3.05, 3.63) is 11.6 Å². The number of hydrogen-bond acceptors (Lipinski definition) is 0. The molecule has 0 aromatic heterocycles. The van der Waals surface area contributed by atoms with Gasteiger partial charge in [-0.25, -0.2) is 0 Å². The molecule has 0 bridgehead atoms. The molecule has 0 heterocycles. The summed E-state index contributed by atoms with van der Waals surface area (Å²) in [6.07, 6.45) is 18.9. The van der Waals surface area contributed by atoms with Crippen LogP contribution in [-0.4, -0.2) is 0 Å². The summed E-state index contributed by atoms with van der Waals surface area (Å²) in [5.74, 6) is 5.89. The zero-order chi connectivity index (χ0) is 18.5. The molecule has 4 saturated carbocycles. The minimum Gasteiger partial charge on any atom is -0.0881 e. The van der Waals surface area contributed by atoms with Crippen molar-refractivity contribution < 1.29 is 0 Å². The second-order valence-corrected chi connectivity index (χ2v) is 11.2. The molecule has 8 atom stereocenters. The summed E-state index contributed by atoms with van der Waals surface area (Å²) >= 11 is 0. The van der Waals surface area contributed by atoms with E-state index in [0.29, 0.717) is 10.8 Å². The van der Waals surface area contributed by atoms with Crippen LogP contribution in [0.25, 0.3) is 0 Å². The smallest absolute Gasteiger partial charge is 0.0146 e. The first-order valence-electron chi connectivity index (χ1n) is 12.1. The van der Waals surface area contributed by atoms with Crippen molar-refractivity contribution in [3.63, 3.8) is 0 Å². The van der Waals surface area contributed by atoms with Gasteiger partial charge in [0.25, 0.3) is 0 Å². The third kappa shape index (κ3) is 2.68. The van der Waals surface area contributed by atoms with Crippen LogP contribution in [0.15, 0.2) is 11.6 Å². The maximum Gasteiger partial charge on any atom is -0.0146 e. The van der Waals surface area contributed by atoms with Gasteiger partial charge in [-0.2, -0.15) is 0 Å². The van der Waals surface area contributed by atoms with Gasteiger partial charge in [0.05, 0.1) is 0 Å². The molecule has 4 fully saturated rings. The minimum absolute atomic E-state index is 0.622. The normalized spacial score (nSPS) is 50.8. The SMILES string of the molecule is C/C=C1/CC2C(CCC3(C)C2CCC3[C@H](C)CCC)C2(C)CCCCC12. The van der Waals surface area contributed by atoms with Crippen molar-refractivity contribution in [1.29, 1.82) is 0 Å². The van der Waals surface area contributed by atoms with E-state index in [2.05, 4.69) is 40.7 Å². The summed E-state index contributed by atoms with van der Waals surface area (Å²) < 4.78 is 0. The van der Waals surface area contributed by atoms with Crippen molar-refractivity contribution in [3.8, 4) is 0 Å². The van der Waals surface area contributed by atoms with E-state index >= 15 is 0 Å². The first-order valence-corrected chi connectivity index (χ1v) is 12.1. The molecule has 0 aromatic carbocycles. The Balaban J connectivity index is 1.64. The second kappa shape index (κ2) is 6.97. The third-order valence-corrected chi connectivity index (χ3v) is 10.3. The van der Waals surface area contributed by atoms with Gasteiger partial charge < -0.3 is 0 Å². The van der Waals surface area contributed by atoms with Crippen molar-refractivity contribution in [2.75, 3.05) is 0 Å². The molecule has 7 unspecified atom stereocenters. The summed E-state index contributed by atoms with van der Waals surface area (Å²) in [6.45, 7) is 12.7. The van der Waals surface area contributed by atoms with Crippen LogP contribution in [0, 0.1) is 46.3 Å². The molecule has 0 nitrogen and oxygen atoms in total. The Morgan fingerprint density at radius 3 is 2.50 bits per heavy atom.